The number of hydrogen-bond acceptors (Lipinski definition) is 2. The lowest BCUT2D eigenvalue weighted by molar-refractivity contribution is -0.125. The van der Waals surface area contributed by atoms with Crippen molar-refractivity contribution in [3.05, 3.63) is 0 Å². The average molecular weight is 242 g/mol. The van der Waals surface area contributed by atoms with Gasteiger partial charge in [0.2, 0.25) is 11.8 Å². The van der Waals surface area contributed by atoms with E-state index in [1.165, 1.54) is 12.8 Å². The zero-order valence-corrected chi connectivity index (χ0v) is 11.5. The van der Waals surface area contributed by atoms with Gasteiger partial charge in [0, 0.05) is 26.4 Å². The fraction of sp³-hybridized carbons (Fsp3) is 0.846. The fourth-order valence-electron chi connectivity index (χ4n) is 1.90. The summed E-state index contributed by atoms with van der Waals surface area (Å²) in [5, 5.41) is 5.19. The average Bonchev–Trinajstić information content (AvgIpc) is 2.38. The van der Waals surface area contributed by atoms with Crippen molar-refractivity contribution in [2.75, 3.05) is 14.1 Å². The highest BCUT2D eigenvalue weighted by Crippen LogP contribution is 2.27. The quantitative estimate of drug-likeness (QED) is 0.774. The van der Waals surface area contributed by atoms with Gasteiger partial charge in [0.1, 0.15) is 0 Å². The van der Waals surface area contributed by atoms with Crippen LogP contribution in [0.3, 0.4) is 0 Å². The van der Waals surface area contributed by atoms with Crippen molar-refractivity contribution < 1.29 is 9.59 Å². The van der Waals surface area contributed by atoms with Crippen LogP contribution in [0.4, 0.5) is 0 Å². The van der Waals surface area contributed by atoms with E-state index < -0.39 is 0 Å². The van der Waals surface area contributed by atoms with Gasteiger partial charge < -0.3 is 10.6 Å². The molecule has 1 aliphatic carbocycles. The number of nitrogens with one attached hydrogen (secondary N) is 2. The van der Waals surface area contributed by atoms with Gasteiger partial charge in [-0.3, -0.25) is 9.59 Å². The Hall–Kier alpha value is -1.06. The Morgan fingerprint density at radius 2 is 1.59 bits per heavy atom. The van der Waals surface area contributed by atoms with Gasteiger partial charge in [-0.1, -0.05) is 13.8 Å². The topological polar surface area (TPSA) is 58.2 Å². The third-order valence-electron chi connectivity index (χ3n) is 3.23. The normalized spacial score (nSPS) is 23.1. The molecule has 0 aromatic carbocycles. The molecule has 0 saturated heterocycles. The lowest BCUT2D eigenvalue weighted by atomic mass is 9.83. The highest BCUT2D eigenvalue weighted by Gasteiger charge is 2.22. The molecular formula is C13H26N2O2. The fourth-order valence-corrected chi connectivity index (χ4v) is 1.90. The maximum Gasteiger partial charge on any atom is 0.222 e. The molecule has 1 saturated carbocycles. The molecule has 4 heteroatoms. The summed E-state index contributed by atoms with van der Waals surface area (Å²) in [5.41, 5.74) is 0. The van der Waals surface area contributed by atoms with E-state index in [0.29, 0.717) is 12.3 Å². The summed E-state index contributed by atoms with van der Waals surface area (Å²) in [4.78, 5) is 21.2. The zero-order chi connectivity index (χ0) is 13.3. The van der Waals surface area contributed by atoms with E-state index in [4.69, 9.17) is 0 Å². The second-order valence-corrected chi connectivity index (χ2v) is 4.60. The molecule has 0 aromatic heterocycles. The first-order chi connectivity index (χ1) is 8.04. The van der Waals surface area contributed by atoms with Crippen LogP contribution in [-0.4, -0.2) is 25.9 Å². The predicted molar refractivity (Wildman–Crippen MR) is 69.5 cm³/mol. The molecule has 2 N–H and O–H groups in total. The van der Waals surface area contributed by atoms with Crippen molar-refractivity contribution in [2.24, 2.45) is 11.8 Å². The first-order valence-electron chi connectivity index (χ1n) is 6.47. The molecule has 1 fully saturated rings. The van der Waals surface area contributed by atoms with E-state index in [1.807, 2.05) is 6.92 Å². The van der Waals surface area contributed by atoms with E-state index >= 15 is 0 Å². The van der Waals surface area contributed by atoms with Gasteiger partial charge in [-0.2, -0.15) is 0 Å². The van der Waals surface area contributed by atoms with Crippen LogP contribution in [0.15, 0.2) is 0 Å². The van der Waals surface area contributed by atoms with E-state index in [2.05, 4.69) is 17.6 Å². The van der Waals surface area contributed by atoms with E-state index in [-0.39, 0.29) is 11.8 Å². The maximum absolute atomic E-state index is 11.2. The number of carbonyl (C=O) groups is 2. The number of carbonyl (C=O) groups excluding carboxylic acids is 2. The van der Waals surface area contributed by atoms with Crippen LogP contribution in [0.2, 0.25) is 0 Å². The minimum absolute atomic E-state index is 0.0926. The smallest absolute Gasteiger partial charge is 0.222 e. The first-order valence-corrected chi connectivity index (χ1v) is 6.47. The molecule has 0 aromatic rings. The molecular weight excluding hydrogens is 216 g/mol. The molecule has 0 bridgehead atoms. The van der Waals surface area contributed by atoms with Crippen LogP contribution in [-0.2, 0) is 9.59 Å². The third-order valence-corrected chi connectivity index (χ3v) is 3.23. The molecule has 0 spiro atoms. The lowest BCUT2D eigenvalue weighted by Crippen LogP contribution is -2.30. The monoisotopic (exact) mass is 242 g/mol. The van der Waals surface area contributed by atoms with E-state index in [0.717, 1.165) is 18.8 Å². The predicted octanol–water partition coefficient (Wildman–Crippen LogP) is 1.70. The standard InChI is InChI=1S/C9H17NO.C4H9NO/c1-7-3-5-8(6-4-7)9(11)10-2;1-3-4(6)5-2/h7-8H,3-6H2,1-2H3,(H,10,11);3H2,1-2H3,(H,5,6). The number of rotatable bonds is 2. The van der Waals surface area contributed by atoms with Crippen LogP contribution >= 0.6 is 0 Å². The first kappa shape index (κ1) is 15.9. The molecule has 0 aliphatic heterocycles. The van der Waals surface area contributed by atoms with Crippen molar-refractivity contribution in [1.29, 1.82) is 0 Å². The van der Waals surface area contributed by atoms with Crippen LogP contribution in [0.25, 0.3) is 0 Å². The minimum atomic E-state index is 0.0926. The Balaban J connectivity index is 0.000000366. The molecule has 17 heavy (non-hydrogen) atoms. The molecule has 4 nitrogen and oxygen atoms in total. The van der Waals surface area contributed by atoms with Gasteiger partial charge in [-0.05, 0) is 31.6 Å². The van der Waals surface area contributed by atoms with Crippen LogP contribution in [0.1, 0.15) is 46.0 Å². The summed E-state index contributed by atoms with van der Waals surface area (Å²) in [6, 6.07) is 0. The third kappa shape index (κ3) is 6.97. The van der Waals surface area contributed by atoms with Crippen LogP contribution in [0, 0.1) is 11.8 Å². The molecule has 0 atom stereocenters. The van der Waals surface area contributed by atoms with E-state index in [9.17, 15) is 9.59 Å². The Morgan fingerprint density at radius 1 is 1.06 bits per heavy atom. The Labute approximate surface area is 105 Å². The van der Waals surface area contributed by atoms with Crippen molar-refractivity contribution in [1.82, 2.24) is 10.6 Å². The van der Waals surface area contributed by atoms with Crippen molar-refractivity contribution in [3.8, 4) is 0 Å². The van der Waals surface area contributed by atoms with Crippen molar-refractivity contribution >= 4 is 11.8 Å². The largest absolute Gasteiger partial charge is 0.359 e. The molecule has 100 valence electrons. The molecule has 0 unspecified atom stereocenters. The molecule has 1 aliphatic rings. The summed E-state index contributed by atoms with van der Waals surface area (Å²) in [5.74, 6) is 1.46. The van der Waals surface area contributed by atoms with Crippen molar-refractivity contribution in [3.63, 3.8) is 0 Å². The Morgan fingerprint density at radius 3 is 1.88 bits per heavy atom. The van der Waals surface area contributed by atoms with Crippen LogP contribution in [0.5, 0.6) is 0 Å². The maximum atomic E-state index is 11.2. The van der Waals surface area contributed by atoms with Crippen molar-refractivity contribution in [2.45, 2.75) is 46.0 Å². The SMILES string of the molecule is CCC(=O)NC.CNC(=O)C1CCC(C)CC1. The van der Waals surface area contributed by atoms with Gasteiger partial charge in [-0.15, -0.1) is 0 Å². The summed E-state index contributed by atoms with van der Waals surface area (Å²) < 4.78 is 0. The molecule has 0 radical (unpaired) electrons. The summed E-state index contributed by atoms with van der Waals surface area (Å²) in [6.07, 6.45) is 5.19. The minimum Gasteiger partial charge on any atom is -0.359 e. The molecule has 2 amide bonds. The van der Waals surface area contributed by atoms with Crippen LogP contribution < -0.4 is 10.6 Å². The number of hydrogen-bond donors (Lipinski definition) is 2. The number of amides is 2. The van der Waals surface area contributed by atoms with Gasteiger partial charge in [0.25, 0.3) is 0 Å². The van der Waals surface area contributed by atoms with Gasteiger partial charge in [-0.25, -0.2) is 0 Å². The highest BCUT2D eigenvalue weighted by molar-refractivity contribution is 5.78. The van der Waals surface area contributed by atoms with Gasteiger partial charge in [0.05, 0.1) is 0 Å². The molecule has 0 heterocycles. The molecule has 1 rings (SSSR count). The Bertz CT molecular complexity index is 228. The van der Waals surface area contributed by atoms with Gasteiger partial charge in [0.15, 0.2) is 0 Å². The second-order valence-electron chi connectivity index (χ2n) is 4.60. The lowest BCUT2D eigenvalue weighted by Gasteiger charge is -2.24. The van der Waals surface area contributed by atoms with Gasteiger partial charge >= 0.3 is 0 Å². The Kier molecular flexibility index (Phi) is 8.46. The highest BCUT2D eigenvalue weighted by atomic mass is 16.2. The zero-order valence-electron chi connectivity index (χ0n) is 11.5. The summed E-state index contributed by atoms with van der Waals surface area (Å²) >= 11 is 0. The summed E-state index contributed by atoms with van der Waals surface area (Å²) in [7, 11) is 3.35. The summed E-state index contributed by atoms with van der Waals surface area (Å²) in [6.45, 7) is 4.08. The second kappa shape index (κ2) is 9.02. The van der Waals surface area contributed by atoms with E-state index in [1.54, 1.807) is 14.1 Å².